The van der Waals surface area contributed by atoms with E-state index >= 15 is 0 Å². The van der Waals surface area contributed by atoms with Crippen molar-refractivity contribution in [2.24, 2.45) is 5.41 Å². The largest absolute Gasteiger partial charge is 0.462 e. The number of carbonyl (C=O) groups is 3. The molecule has 0 aromatic heterocycles. The first-order valence-electron chi connectivity index (χ1n) is 9.42. The summed E-state index contributed by atoms with van der Waals surface area (Å²) in [6, 6.07) is 0. The Morgan fingerprint density at radius 2 is 0.933 bits per heavy atom. The number of allylic oxidation sites excluding steroid dienone is 9. The Balaban J connectivity index is 5.18. The fourth-order valence-electron chi connectivity index (χ4n) is 1.81. The topological polar surface area (TPSA) is 99.1 Å². The molecule has 0 heterocycles. The highest BCUT2D eigenvalue weighted by atomic mass is 16.6. The second-order valence-electron chi connectivity index (χ2n) is 6.14. The summed E-state index contributed by atoms with van der Waals surface area (Å²) in [4.78, 5) is 35.5. The molecule has 7 nitrogen and oxygen atoms in total. The predicted molar refractivity (Wildman–Crippen MR) is 114 cm³/mol. The van der Waals surface area contributed by atoms with Crippen LogP contribution >= 0.6 is 0 Å². The van der Waals surface area contributed by atoms with E-state index in [1.165, 1.54) is 36.5 Å². The van der Waals surface area contributed by atoms with E-state index in [0.29, 0.717) is 0 Å². The van der Waals surface area contributed by atoms with Gasteiger partial charge in [-0.1, -0.05) is 54.7 Å². The molecule has 30 heavy (non-hydrogen) atoms. The summed E-state index contributed by atoms with van der Waals surface area (Å²) in [5.74, 6) is -1.95. The molecule has 0 aliphatic rings. The zero-order chi connectivity index (χ0) is 22.7. The Kier molecular flexibility index (Phi) is 15.0. The minimum Gasteiger partial charge on any atom is -0.462 e. The molecule has 0 aromatic rings. The summed E-state index contributed by atoms with van der Waals surface area (Å²) in [6.45, 7) is 3.89. The average Bonchev–Trinajstić information content (AvgIpc) is 2.74. The number of rotatable bonds is 13. The minimum atomic E-state index is -1.31. The van der Waals surface area contributed by atoms with Gasteiger partial charge in [0.05, 0.1) is 12.0 Å². The van der Waals surface area contributed by atoms with E-state index in [4.69, 9.17) is 14.2 Å². The van der Waals surface area contributed by atoms with Gasteiger partial charge in [0.1, 0.15) is 19.8 Å². The molecule has 0 saturated heterocycles. The lowest BCUT2D eigenvalue weighted by molar-refractivity contribution is -0.159. The Morgan fingerprint density at radius 3 is 1.17 bits per heavy atom. The van der Waals surface area contributed by atoms with Crippen LogP contribution in [0.5, 0.6) is 0 Å². The Hall–Kier alpha value is -3.19. The zero-order valence-electron chi connectivity index (χ0n) is 17.7. The average molecular weight is 418 g/mol. The fourth-order valence-corrected chi connectivity index (χ4v) is 1.81. The van der Waals surface area contributed by atoms with E-state index in [1.807, 2.05) is 0 Å². The van der Waals surface area contributed by atoms with Gasteiger partial charge in [-0.15, -0.1) is 0 Å². The second-order valence-corrected chi connectivity index (χ2v) is 6.14. The SMILES string of the molecule is C/C=C/C=C/C(=O)OCC(CO)(COC(=O)/C=C/C=C/C)COC(=O)/C=C/C=C/C. The number of aliphatic hydroxyl groups excluding tert-OH is 1. The molecule has 0 radical (unpaired) electrons. The maximum Gasteiger partial charge on any atom is 0.330 e. The van der Waals surface area contributed by atoms with Gasteiger partial charge >= 0.3 is 17.9 Å². The van der Waals surface area contributed by atoms with Gasteiger partial charge in [-0.05, 0) is 20.8 Å². The quantitative estimate of drug-likeness (QED) is 0.212. The van der Waals surface area contributed by atoms with E-state index in [2.05, 4.69) is 0 Å². The van der Waals surface area contributed by atoms with Crippen molar-refractivity contribution >= 4 is 17.9 Å². The van der Waals surface area contributed by atoms with Gasteiger partial charge in [-0.3, -0.25) is 0 Å². The van der Waals surface area contributed by atoms with Gasteiger partial charge in [0.15, 0.2) is 0 Å². The van der Waals surface area contributed by atoms with E-state index in [0.717, 1.165) is 0 Å². The lowest BCUT2D eigenvalue weighted by Gasteiger charge is -2.29. The van der Waals surface area contributed by atoms with Gasteiger partial charge in [-0.25, -0.2) is 14.4 Å². The summed E-state index contributed by atoms with van der Waals surface area (Å²) >= 11 is 0. The van der Waals surface area contributed by atoms with E-state index in [-0.39, 0.29) is 19.8 Å². The van der Waals surface area contributed by atoms with Crippen LogP contribution in [0, 0.1) is 5.41 Å². The van der Waals surface area contributed by atoms with Crippen molar-refractivity contribution in [3.63, 3.8) is 0 Å². The highest BCUT2D eigenvalue weighted by Gasteiger charge is 2.35. The molecular weight excluding hydrogens is 388 g/mol. The normalized spacial score (nSPS) is 12.8. The number of aliphatic hydroxyl groups is 1. The van der Waals surface area contributed by atoms with Crippen molar-refractivity contribution in [1.29, 1.82) is 0 Å². The standard InChI is InChI=1S/C23H30O7/c1-4-7-10-13-20(25)28-17-23(16-24,18-29-21(26)14-11-8-5-2)19-30-22(27)15-12-9-6-3/h4-15,24H,16-19H2,1-3H3/b7-4+,8-5+,9-6+,13-10+,14-11+,15-12+. The maximum absolute atomic E-state index is 11.8. The van der Waals surface area contributed by atoms with E-state index in [9.17, 15) is 19.5 Å². The van der Waals surface area contributed by atoms with Crippen LogP contribution in [-0.2, 0) is 28.6 Å². The Morgan fingerprint density at radius 1 is 0.633 bits per heavy atom. The lowest BCUT2D eigenvalue weighted by atomic mass is 9.92. The van der Waals surface area contributed by atoms with Crippen LogP contribution in [0.1, 0.15) is 20.8 Å². The molecule has 0 spiro atoms. The van der Waals surface area contributed by atoms with Crippen LogP contribution in [-0.4, -0.2) is 49.4 Å². The molecule has 0 aliphatic carbocycles. The molecular formula is C23H30O7. The number of carbonyl (C=O) groups excluding carboxylic acids is 3. The van der Waals surface area contributed by atoms with Crippen molar-refractivity contribution < 1.29 is 33.7 Å². The third kappa shape index (κ3) is 13.1. The molecule has 7 heteroatoms. The van der Waals surface area contributed by atoms with Crippen LogP contribution in [0.3, 0.4) is 0 Å². The smallest absolute Gasteiger partial charge is 0.330 e. The summed E-state index contributed by atoms with van der Waals surface area (Å²) in [5.41, 5.74) is -1.31. The van der Waals surface area contributed by atoms with Gasteiger partial charge in [0, 0.05) is 18.2 Å². The fraction of sp³-hybridized carbons (Fsp3) is 0.348. The molecule has 0 atom stereocenters. The second kappa shape index (κ2) is 16.7. The molecule has 0 fully saturated rings. The van der Waals surface area contributed by atoms with Crippen molar-refractivity contribution in [2.75, 3.05) is 26.4 Å². The molecule has 0 aromatic carbocycles. The first-order valence-corrected chi connectivity index (χ1v) is 9.42. The predicted octanol–water partition coefficient (Wildman–Crippen LogP) is 2.99. The first kappa shape index (κ1) is 26.8. The Labute approximate surface area is 177 Å². The zero-order valence-corrected chi connectivity index (χ0v) is 17.7. The molecule has 164 valence electrons. The minimum absolute atomic E-state index is 0.319. The van der Waals surface area contributed by atoms with Crippen molar-refractivity contribution in [2.45, 2.75) is 20.8 Å². The summed E-state index contributed by atoms with van der Waals surface area (Å²) < 4.78 is 15.4. The lowest BCUT2D eigenvalue weighted by Crippen LogP contribution is -2.42. The van der Waals surface area contributed by atoms with Crippen LogP contribution in [0.15, 0.2) is 72.9 Å². The molecule has 0 unspecified atom stereocenters. The van der Waals surface area contributed by atoms with E-state index in [1.54, 1.807) is 57.2 Å². The number of ether oxygens (including phenoxy) is 3. The number of hydrogen-bond acceptors (Lipinski definition) is 7. The van der Waals surface area contributed by atoms with Crippen molar-refractivity contribution in [1.82, 2.24) is 0 Å². The van der Waals surface area contributed by atoms with Crippen molar-refractivity contribution in [3.8, 4) is 0 Å². The first-order chi connectivity index (χ1) is 14.4. The molecule has 0 saturated carbocycles. The Bertz CT molecular complexity index is 616. The third-order valence-corrected chi connectivity index (χ3v) is 3.50. The van der Waals surface area contributed by atoms with Gasteiger partial charge in [0.2, 0.25) is 0 Å². The van der Waals surface area contributed by atoms with E-state index < -0.39 is 29.9 Å². The van der Waals surface area contributed by atoms with Gasteiger partial charge in [0.25, 0.3) is 0 Å². The molecule has 0 bridgehead atoms. The van der Waals surface area contributed by atoms with Crippen LogP contribution in [0.2, 0.25) is 0 Å². The highest BCUT2D eigenvalue weighted by molar-refractivity contribution is 5.83. The maximum atomic E-state index is 11.8. The van der Waals surface area contributed by atoms with Gasteiger partial charge < -0.3 is 19.3 Å². The summed E-state index contributed by atoms with van der Waals surface area (Å²) in [5, 5.41) is 9.90. The van der Waals surface area contributed by atoms with Crippen LogP contribution in [0.4, 0.5) is 0 Å². The van der Waals surface area contributed by atoms with Crippen LogP contribution < -0.4 is 0 Å². The summed E-state index contributed by atoms with van der Waals surface area (Å²) in [7, 11) is 0. The van der Waals surface area contributed by atoms with Crippen molar-refractivity contribution in [3.05, 3.63) is 72.9 Å². The number of hydrogen-bond donors (Lipinski definition) is 1. The molecule has 0 amide bonds. The molecule has 0 aliphatic heterocycles. The number of esters is 3. The third-order valence-electron chi connectivity index (χ3n) is 3.50. The molecule has 0 rings (SSSR count). The molecule has 1 N–H and O–H groups in total. The van der Waals surface area contributed by atoms with Gasteiger partial charge in [-0.2, -0.15) is 0 Å². The highest BCUT2D eigenvalue weighted by Crippen LogP contribution is 2.20. The monoisotopic (exact) mass is 418 g/mol. The summed E-state index contributed by atoms with van der Waals surface area (Å²) in [6.07, 6.45) is 18.3. The van der Waals surface area contributed by atoms with Crippen LogP contribution in [0.25, 0.3) is 0 Å².